The fraction of sp³-hybridized carbons (Fsp3) is 0.500. The second-order valence-electron chi connectivity index (χ2n) is 6.12. The van der Waals surface area contributed by atoms with Crippen molar-refractivity contribution in [1.29, 1.82) is 0 Å². The summed E-state index contributed by atoms with van der Waals surface area (Å²) in [6.07, 6.45) is 0.754. The van der Waals surface area contributed by atoms with Crippen LogP contribution in [-0.2, 0) is 9.53 Å². The smallest absolute Gasteiger partial charge is 0.411 e. The fourth-order valence-corrected chi connectivity index (χ4v) is 2.73. The van der Waals surface area contributed by atoms with E-state index in [-0.39, 0.29) is 6.10 Å². The number of halogens is 3. The molecule has 1 N–H and O–H groups in total. The SMILES string of the molecule is O=C(O)C=Cc1ccc(OCC2CCC(OCC(F)(F)F)CC2)cc1. The summed E-state index contributed by atoms with van der Waals surface area (Å²) in [6.45, 7) is -0.669. The minimum absolute atomic E-state index is 0.303. The topological polar surface area (TPSA) is 55.8 Å². The number of hydrogen-bond acceptors (Lipinski definition) is 3. The molecule has 4 nitrogen and oxygen atoms in total. The largest absolute Gasteiger partial charge is 0.493 e. The highest BCUT2D eigenvalue weighted by molar-refractivity contribution is 5.85. The molecular formula is C18H21F3O4. The molecule has 0 aliphatic heterocycles. The zero-order valence-corrected chi connectivity index (χ0v) is 13.7. The lowest BCUT2D eigenvalue weighted by molar-refractivity contribution is -0.188. The molecule has 0 amide bonds. The Hall–Kier alpha value is -2.02. The maximum atomic E-state index is 12.1. The van der Waals surface area contributed by atoms with Crippen LogP contribution in [0, 0.1) is 5.92 Å². The van der Waals surface area contributed by atoms with E-state index in [1.165, 1.54) is 6.08 Å². The van der Waals surface area contributed by atoms with E-state index in [4.69, 9.17) is 14.6 Å². The highest BCUT2D eigenvalue weighted by Crippen LogP contribution is 2.28. The first-order chi connectivity index (χ1) is 11.8. The summed E-state index contributed by atoms with van der Waals surface area (Å²) in [5, 5.41) is 8.57. The molecule has 0 radical (unpaired) electrons. The van der Waals surface area contributed by atoms with Crippen LogP contribution < -0.4 is 4.74 Å². The molecule has 0 saturated heterocycles. The van der Waals surface area contributed by atoms with E-state index in [1.54, 1.807) is 24.3 Å². The highest BCUT2D eigenvalue weighted by Gasteiger charge is 2.30. The van der Waals surface area contributed by atoms with Crippen molar-refractivity contribution in [2.45, 2.75) is 38.0 Å². The van der Waals surface area contributed by atoms with E-state index in [2.05, 4.69) is 0 Å². The van der Waals surface area contributed by atoms with E-state index in [0.29, 0.717) is 31.1 Å². The van der Waals surface area contributed by atoms with Gasteiger partial charge in [-0.2, -0.15) is 13.2 Å². The monoisotopic (exact) mass is 358 g/mol. The molecule has 25 heavy (non-hydrogen) atoms. The van der Waals surface area contributed by atoms with Gasteiger partial charge in [0.1, 0.15) is 12.4 Å². The zero-order chi connectivity index (χ0) is 18.3. The predicted molar refractivity (Wildman–Crippen MR) is 86.4 cm³/mol. The number of ether oxygens (including phenoxy) is 2. The first kappa shape index (κ1) is 19.3. The quantitative estimate of drug-likeness (QED) is 0.739. The number of hydrogen-bond donors (Lipinski definition) is 1. The molecule has 0 bridgehead atoms. The molecule has 1 fully saturated rings. The number of benzene rings is 1. The van der Waals surface area contributed by atoms with Crippen LogP contribution in [0.3, 0.4) is 0 Å². The van der Waals surface area contributed by atoms with Gasteiger partial charge in [-0.15, -0.1) is 0 Å². The summed E-state index contributed by atoms with van der Waals surface area (Å²) in [4.78, 5) is 10.5. The Kier molecular flexibility index (Phi) is 6.87. The predicted octanol–water partition coefficient (Wildman–Crippen LogP) is 4.30. The third-order valence-electron chi connectivity index (χ3n) is 4.06. The first-order valence-electron chi connectivity index (χ1n) is 8.14. The highest BCUT2D eigenvalue weighted by atomic mass is 19.4. The van der Waals surface area contributed by atoms with Crippen LogP contribution in [0.5, 0.6) is 5.75 Å². The van der Waals surface area contributed by atoms with Gasteiger partial charge in [0.15, 0.2) is 0 Å². The van der Waals surface area contributed by atoms with Crippen molar-refractivity contribution in [3.05, 3.63) is 35.9 Å². The molecule has 0 heterocycles. The Morgan fingerprint density at radius 1 is 1.16 bits per heavy atom. The lowest BCUT2D eigenvalue weighted by Gasteiger charge is -2.28. The fourth-order valence-electron chi connectivity index (χ4n) is 2.73. The molecular weight excluding hydrogens is 337 g/mol. The summed E-state index contributed by atoms with van der Waals surface area (Å²) >= 11 is 0. The van der Waals surface area contributed by atoms with Gasteiger partial charge >= 0.3 is 12.1 Å². The third-order valence-corrected chi connectivity index (χ3v) is 4.06. The van der Waals surface area contributed by atoms with Gasteiger partial charge in [-0.1, -0.05) is 12.1 Å². The maximum Gasteiger partial charge on any atom is 0.411 e. The molecule has 1 aliphatic rings. The van der Waals surface area contributed by atoms with Gasteiger partial charge in [-0.05, 0) is 55.4 Å². The van der Waals surface area contributed by atoms with Crippen molar-refractivity contribution in [1.82, 2.24) is 0 Å². The Morgan fingerprint density at radius 2 is 1.80 bits per heavy atom. The Bertz CT molecular complexity index is 573. The van der Waals surface area contributed by atoms with E-state index in [9.17, 15) is 18.0 Å². The number of rotatable bonds is 7. The molecule has 7 heteroatoms. The van der Waals surface area contributed by atoms with E-state index in [0.717, 1.165) is 24.5 Å². The maximum absolute atomic E-state index is 12.1. The van der Waals surface area contributed by atoms with Gasteiger partial charge in [-0.25, -0.2) is 4.79 Å². The van der Waals surface area contributed by atoms with Crippen molar-refractivity contribution in [3.8, 4) is 5.75 Å². The van der Waals surface area contributed by atoms with Crippen molar-refractivity contribution < 1.29 is 32.5 Å². The van der Waals surface area contributed by atoms with Gasteiger partial charge < -0.3 is 14.6 Å². The Balaban J connectivity index is 1.70. The van der Waals surface area contributed by atoms with Gasteiger partial charge in [0.05, 0.1) is 12.7 Å². The van der Waals surface area contributed by atoms with Crippen LogP contribution in [0.25, 0.3) is 6.08 Å². The van der Waals surface area contributed by atoms with E-state index >= 15 is 0 Å². The molecule has 0 atom stereocenters. The van der Waals surface area contributed by atoms with Crippen molar-refractivity contribution in [2.24, 2.45) is 5.92 Å². The summed E-state index contributed by atoms with van der Waals surface area (Å²) in [5.74, 6) is -0.0182. The number of carbonyl (C=O) groups is 1. The molecule has 0 unspecified atom stereocenters. The molecule has 1 saturated carbocycles. The minimum Gasteiger partial charge on any atom is -0.493 e. The van der Waals surface area contributed by atoms with Crippen LogP contribution >= 0.6 is 0 Å². The van der Waals surface area contributed by atoms with Crippen LogP contribution in [0.15, 0.2) is 30.3 Å². The third kappa shape index (κ3) is 7.60. The summed E-state index contributed by atoms with van der Waals surface area (Å²) in [7, 11) is 0. The second-order valence-corrected chi connectivity index (χ2v) is 6.12. The van der Waals surface area contributed by atoms with E-state index < -0.39 is 18.8 Å². The number of carboxylic acids is 1. The van der Waals surface area contributed by atoms with Crippen LogP contribution in [0.4, 0.5) is 13.2 Å². The standard InChI is InChI=1S/C18H21F3O4/c19-18(20,21)12-25-16-8-3-14(4-9-16)11-24-15-6-1-13(2-7-15)5-10-17(22)23/h1-2,5-7,10,14,16H,3-4,8-9,11-12H2,(H,22,23). The van der Waals surface area contributed by atoms with Crippen LogP contribution in [0.2, 0.25) is 0 Å². The van der Waals surface area contributed by atoms with Crippen LogP contribution in [0.1, 0.15) is 31.2 Å². The van der Waals surface area contributed by atoms with Crippen LogP contribution in [-0.4, -0.2) is 36.6 Å². The molecule has 2 rings (SSSR count). The molecule has 1 aliphatic carbocycles. The molecule has 0 aromatic heterocycles. The summed E-state index contributed by atoms with van der Waals surface area (Å²) < 4.78 is 47.0. The van der Waals surface area contributed by atoms with Crippen molar-refractivity contribution in [2.75, 3.05) is 13.2 Å². The number of aliphatic carboxylic acids is 1. The number of alkyl halides is 3. The summed E-state index contributed by atoms with van der Waals surface area (Å²) in [6, 6.07) is 7.05. The zero-order valence-electron chi connectivity index (χ0n) is 13.7. The van der Waals surface area contributed by atoms with E-state index in [1.807, 2.05) is 0 Å². The lowest BCUT2D eigenvalue weighted by Crippen LogP contribution is -2.28. The van der Waals surface area contributed by atoms with Crippen molar-refractivity contribution >= 4 is 12.0 Å². The second kappa shape index (κ2) is 8.89. The molecule has 1 aromatic carbocycles. The van der Waals surface area contributed by atoms with Crippen molar-refractivity contribution in [3.63, 3.8) is 0 Å². The van der Waals surface area contributed by atoms with Gasteiger partial charge in [0, 0.05) is 6.08 Å². The van der Waals surface area contributed by atoms with Gasteiger partial charge in [0.2, 0.25) is 0 Å². The number of carboxylic acid groups (broad SMARTS) is 1. The Labute approximate surface area is 144 Å². The Morgan fingerprint density at radius 3 is 2.36 bits per heavy atom. The van der Waals surface area contributed by atoms with Gasteiger partial charge in [-0.3, -0.25) is 0 Å². The molecule has 1 aromatic rings. The molecule has 0 spiro atoms. The minimum atomic E-state index is -4.27. The first-order valence-corrected chi connectivity index (χ1v) is 8.14. The average Bonchev–Trinajstić information content (AvgIpc) is 2.57. The normalized spacial score (nSPS) is 21.4. The lowest BCUT2D eigenvalue weighted by atomic mass is 9.88. The van der Waals surface area contributed by atoms with Gasteiger partial charge in [0.25, 0.3) is 0 Å². The average molecular weight is 358 g/mol. The molecule has 138 valence electrons. The summed E-state index contributed by atoms with van der Waals surface area (Å²) in [5.41, 5.74) is 0.761.